The van der Waals surface area contributed by atoms with E-state index in [0.717, 1.165) is 15.8 Å². The molecule has 2 aromatic rings. The van der Waals surface area contributed by atoms with Gasteiger partial charge in [0.25, 0.3) is 0 Å². The molecule has 100 valence electrons. The monoisotopic (exact) mass is 324 g/mol. The molecule has 0 atom stereocenters. The lowest BCUT2D eigenvalue weighted by Gasteiger charge is -2.06. The number of benzene rings is 1. The first-order valence-corrected chi connectivity index (χ1v) is 6.38. The second kappa shape index (κ2) is 5.90. The standard InChI is InChI=1S/C13H13BrN2O3/c1-8-9(6-12(19-8)13(17)16-15)7-18-11-5-3-2-4-10(11)14/h2-6H,7,15H2,1H3,(H,16,17). The van der Waals surface area contributed by atoms with Crippen molar-refractivity contribution < 1.29 is 13.9 Å². The number of ether oxygens (including phenoxy) is 1. The molecule has 0 aliphatic carbocycles. The van der Waals surface area contributed by atoms with Crippen molar-refractivity contribution in [2.75, 3.05) is 0 Å². The lowest BCUT2D eigenvalue weighted by atomic mass is 10.2. The number of aryl methyl sites for hydroxylation is 1. The Hall–Kier alpha value is -1.79. The van der Waals surface area contributed by atoms with Gasteiger partial charge in [0.05, 0.1) is 4.47 Å². The van der Waals surface area contributed by atoms with Gasteiger partial charge in [0, 0.05) is 5.56 Å². The average Bonchev–Trinajstić information content (AvgIpc) is 2.78. The van der Waals surface area contributed by atoms with Crippen molar-refractivity contribution in [2.24, 2.45) is 5.84 Å². The van der Waals surface area contributed by atoms with Gasteiger partial charge in [-0.05, 0) is 41.1 Å². The Balaban J connectivity index is 2.10. The summed E-state index contributed by atoms with van der Waals surface area (Å²) in [4.78, 5) is 11.3. The predicted molar refractivity (Wildman–Crippen MR) is 73.6 cm³/mol. The highest BCUT2D eigenvalue weighted by atomic mass is 79.9. The summed E-state index contributed by atoms with van der Waals surface area (Å²) in [5.41, 5.74) is 2.82. The maximum absolute atomic E-state index is 11.3. The number of para-hydroxylation sites is 1. The maximum atomic E-state index is 11.3. The number of carbonyl (C=O) groups is 1. The van der Waals surface area contributed by atoms with Crippen LogP contribution in [0.1, 0.15) is 21.9 Å². The lowest BCUT2D eigenvalue weighted by molar-refractivity contribution is 0.0924. The molecule has 0 saturated carbocycles. The molecule has 0 spiro atoms. The SMILES string of the molecule is Cc1oc(C(=O)NN)cc1COc1ccccc1Br. The number of hydrazine groups is 1. The molecule has 0 aliphatic rings. The molecule has 2 rings (SSSR count). The fourth-order valence-corrected chi connectivity index (χ4v) is 1.96. The van der Waals surface area contributed by atoms with Gasteiger partial charge in [0.15, 0.2) is 5.76 Å². The third-order valence-corrected chi connectivity index (χ3v) is 3.25. The number of rotatable bonds is 4. The van der Waals surface area contributed by atoms with Gasteiger partial charge in [-0.25, -0.2) is 5.84 Å². The fraction of sp³-hybridized carbons (Fsp3) is 0.154. The van der Waals surface area contributed by atoms with Crippen LogP contribution >= 0.6 is 15.9 Å². The van der Waals surface area contributed by atoms with Crippen LogP contribution in [0, 0.1) is 6.92 Å². The van der Waals surface area contributed by atoms with Crippen LogP contribution < -0.4 is 16.0 Å². The van der Waals surface area contributed by atoms with Crippen molar-refractivity contribution >= 4 is 21.8 Å². The molecule has 0 fully saturated rings. The molecule has 1 heterocycles. The van der Waals surface area contributed by atoms with Crippen LogP contribution in [0.4, 0.5) is 0 Å². The second-order valence-electron chi connectivity index (χ2n) is 3.88. The molecule has 1 aromatic heterocycles. The first-order chi connectivity index (χ1) is 9.11. The van der Waals surface area contributed by atoms with Crippen LogP contribution in [-0.4, -0.2) is 5.91 Å². The summed E-state index contributed by atoms with van der Waals surface area (Å²) < 4.78 is 11.8. The number of halogens is 1. The summed E-state index contributed by atoms with van der Waals surface area (Å²) in [5, 5.41) is 0. The highest BCUT2D eigenvalue weighted by molar-refractivity contribution is 9.10. The number of furan rings is 1. The van der Waals surface area contributed by atoms with Crippen molar-refractivity contribution in [1.82, 2.24) is 5.43 Å². The van der Waals surface area contributed by atoms with E-state index in [1.165, 1.54) is 0 Å². The third-order valence-electron chi connectivity index (χ3n) is 2.60. The molecule has 0 aliphatic heterocycles. The van der Waals surface area contributed by atoms with Gasteiger partial charge < -0.3 is 9.15 Å². The molecule has 1 amide bonds. The zero-order valence-corrected chi connectivity index (χ0v) is 11.9. The van der Waals surface area contributed by atoms with Crippen LogP contribution in [0.15, 0.2) is 39.2 Å². The van der Waals surface area contributed by atoms with Gasteiger partial charge in [-0.2, -0.15) is 0 Å². The number of nitrogen functional groups attached to an aromatic ring is 1. The van der Waals surface area contributed by atoms with Crippen molar-refractivity contribution in [3.05, 3.63) is 51.9 Å². The Morgan fingerprint density at radius 1 is 1.47 bits per heavy atom. The minimum absolute atomic E-state index is 0.172. The van der Waals surface area contributed by atoms with Crippen molar-refractivity contribution in [3.63, 3.8) is 0 Å². The molecule has 0 saturated heterocycles. The molecule has 0 radical (unpaired) electrons. The van der Waals surface area contributed by atoms with E-state index in [4.69, 9.17) is 15.0 Å². The highest BCUT2D eigenvalue weighted by Gasteiger charge is 2.14. The summed E-state index contributed by atoms with van der Waals surface area (Å²) >= 11 is 3.40. The van der Waals surface area contributed by atoms with E-state index >= 15 is 0 Å². The number of nitrogens with two attached hydrogens (primary N) is 1. The highest BCUT2D eigenvalue weighted by Crippen LogP contribution is 2.25. The van der Waals surface area contributed by atoms with E-state index in [9.17, 15) is 4.79 Å². The van der Waals surface area contributed by atoms with Crippen LogP contribution in [0.2, 0.25) is 0 Å². The maximum Gasteiger partial charge on any atom is 0.300 e. The second-order valence-corrected chi connectivity index (χ2v) is 4.74. The largest absolute Gasteiger partial charge is 0.488 e. The molecular weight excluding hydrogens is 312 g/mol. The van der Waals surface area contributed by atoms with Crippen LogP contribution in [0.3, 0.4) is 0 Å². The third kappa shape index (κ3) is 3.15. The van der Waals surface area contributed by atoms with Gasteiger partial charge >= 0.3 is 5.91 Å². The van der Waals surface area contributed by atoms with E-state index in [1.54, 1.807) is 13.0 Å². The summed E-state index contributed by atoms with van der Waals surface area (Å²) in [6.45, 7) is 2.09. The van der Waals surface area contributed by atoms with Crippen LogP contribution in [-0.2, 0) is 6.61 Å². The molecule has 6 heteroatoms. The Morgan fingerprint density at radius 3 is 2.89 bits per heavy atom. The minimum atomic E-state index is -0.463. The first kappa shape index (κ1) is 13.6. The summed E-state index contributed by atoms with van der Waals surface area (Å²) in [7, 11) is 0. The molecule has 19 heavy (non-hydrogen) atoms. The van der Waals surface area contributed by atoms with Crippen LogP contribution in [0.25, 0.3) is 0 Å². The fourth-order valence-electron chi connectivity index (χ4n) is 1.56. The van der Waals surface area contributed by atoms with Crippen molar-refractivity contribution in [3.8, 4) is 5.75 Å². The molecule has 0 unspecified atom stereocenters. The van der Waals surface area contributed by atoms with Crippen LogP contribution in [0.5, 0.6) is 5.75 Å². The average molecular weight is 325 g/mol. The predicted octanol–water partition coefficient (Wildman–Crippen LogP) is 2.53. The smallest absolute Gasteiger partial charge is 0.300 e. The normalized spacial score (nSPS) is 10.3. The van der Waals surface area contributed by atoms with Crippen molar-refractivity contribution in [2.45, 2.75) is 13.5 Å². The minimum Gasteiger partial charge on any atom is -0.488 e. The Bertz CT molecular complexity index is 595. The van der Waals surface area contributed by atoms with E-state index in [2.05, 4.69) is 15.9 Å². The van der Waals surface area contributed by atoms with E-state index in [0.29, 0.717) is 12.4 Å². The Labute approximate surface area is 118 Å². The number of hydrogen-bond donors (Lipinski definition) is 2. The first-order valence-electron chi connectivity index (χ1n) is 5.59. The molecule has 5 nitrogen and oxygen atoms in total. The Kier molecular flexibility index (Phi) is 4.24. The van der Waals surface area contributed by atoms with E-state index in [-0.39, 0.29) is 5.76 Å². The molecule has 1 aromatic carbocycles. The summed E-state index contributed by atoms with van der Waals surface area (Å²) in [6.07, 6.45) is 0. The van der Waals surface area contributed by atoms with Gasteiger partial charge in [0.1, 0.15) is 18.1 Å². The zero-order chi connectivity index (χ0) is 13.8. The number of amides is 1. The number of carbonyl (C=O) groups excluding carboxylic acids is 1. The lowest BCUT2D eigenvalue weighted by Crippen LogP contribution is -2.29. The molecule has 3 N–H and O–H groups in total. The van der Waals surface area contributed by atoms with Crippen molar-refractivity contribution in [1.29, 1.82) is 0 Å². The topological polar surface area (TPSA) is 77.5 Å². The summed E-state index contributed by atoms with van der Waals surface area (Å²) in [5.74, 6) is 6.12. The van der Waals surface area contributed by atoms with Gasteiger partial charge in [0.2, 0.25) is 0 Å². The van der Waals surface area contributed by atoms with E-state index in [1.807, 2.05) is 29.7 Å². The Morgan fingerprint density at radius 2 is 2.21 bits per heavy atom. The quantitative estimate of drug-likeness (QED) is 0.514. The summed E-state index contributed by atoms with van der Waals surface area (Å²) in [6, 6.07) is 9.16. The molecule has 0 bridgehead atoms. The zero-order valence-electron chi connectivity index (χ0n) is 10.3. The van der Waals surface area contributed by atoms with E-state index < -0.39 is 5.91 Å². The van der Waals surface area contributed by atoms with Gasteiger partial charge in [-0.1, -0.05) is 12.1 Å². The number of hydrogen-bond acceptors (Lipinski definition) is 4. The number of nitrogens with one attached hydrogen (secondary N) is 1. The van der Waals surface area contributed by atoms with Gasteiger partial charge in [-0.15, -0.1) is 0 Å². The van der Waals surface area contributed by atoms with Gasteiger partial charge in [-0.3, -0.25) is 10.2 Å². The molecular formula is C13H13BrN2O3.